The van der Waals surface area contributed by atoms with Crippen LogP contribution in [0.1, 0.15) is 30.3 Å². The molecule has 0 aliphatic carbocycles. The highest BCUT2D eigenvalue weighted by atomic mass is 16.5. The highest BCUT2D eigenvalue weighted by molar-refractivity contribution is 5.93. The lowest BCUT2D eigenvalue weighted by molar-refractivity contribution is 0.0983. The predicted octanol–water partition coefficient (Wildman–Crippen LogP) is 2.09. The molecule has 0 bridgehead atoms. The molecule has 1 aromatic heterocycles. The molecule has 4 heteroatoms. The SMILES string of the molecule is CCC(=O)c1ccc(OCCCOC)cn1. The van der Waals surface area contributed by atoms with Crippen molar-refractivity contribution < 1.29 is 14.3 Å². The van der Waals surface area contributed by atoms with Gasteiger partial charge in [0.05, 0.1) is 12.8 Å². The highest BCUT2D eigenvalue weighted by Gasteiger charge is 2.04. The van der Waals surface area contributed by atoms with Crippen molar-refractivity contribution in [2.24, 2.45) is 0 Å². The third kappa shape index (κ3) is 3.98. The van der Waals surface area contributed by atoms with Crippen LogP contribution in [0.15, 0.2) is 18.3 Å². The highest BCUT2D eigenvalue weighted by Crippen LogP contribution is 2.10. The van der Waals surface area contributed by atoms with Crippen LogP contribution in [0.25, 0.3) is 0 Å². The van der Waals surface area contributed by atoms with Gasteiger partial charge in [-0.25, -0.2) is 4.98 Å². The van der Waals surface area contributed by atoms with E-state index in [1.807, 2.05) is 6.92 Å². The first kappa shape index (κ1) is 12.6. The molecule has 0 spiro atoms. The number of carbonyl (C=O) groups excluding carboxylic acids is 1. The Balaban J connectivity index is 2.42. The standard InChI is InChI=1S/C12H17NO3/c1-3-12(14)11-6-5-10(9-13-11)16-8-4-7-15-2/h5-6,9H,3-4,7-8H2,1-2H3. The van der Waals surface area contributed by atoms with Crippen molar-refractivity contribution >= 4 is 5.78 Å². The molecule has 0 aromatic carbocycles. The first-order valence-corrected chi connectivity index (χ1v) is 5.39. The maximum absolute atomic E-state index is 11.3. The van der Waals surface area contributed by atoms with Crippen molar-refractivity contribution in [3.05, 3.63) is 24.0 Å². The molecule has 1 heterocycles. The quantitative estimate of drug-likeness (QED) is 0.524. The second-order valence-electron chi connectivity index (χ2n) is 3.35. The van der Waals surface area contributed by atoms with Gasteiger partial charge in [-0.05, 0) is 12.1 Å². The van der Waals surface area contributed by atoms with Crippen LogP contribution in [-0.2, 0) is 4.74 Å². The normalized spacial score (nSPS) is 10.1. The number of aromatic nitrogens is 1. The molecule has 16 heavy (non-hydrogen) atoms. The number of methoxy groups -OCH3 is 1. The van der Waals surface area contributed by atoms with Gasteiger partial charge >= 0.3 is 0 Å². The number of pyridine rings is 1. The second kappa shape index (κ2) is 6.95. The fraction of sp³-hybridized carbons (Fsp3) is 0.500. The first-order chi connectivity index (χ1) is 7.77. The van der Waals surface area contributed by atoms with Crippen LogP contribution in [0.2, 0.25) is 0 Å². The Morgan fingerprint density at radius 1 is 1.38 bits per heavy atom. The monoisotopic (exact) mass is 223 g/mol. The number of rotatable bonds is 7. The zero-order valence-electron chi connectivity index (χ0n) is 9.73. The number of Topliss-reactive ketones (excluding diaryl/α,β-unsaturated/α-hetero) is 1. The molecule has 1 aromatic rings. The van der Waals surface area contributed by atoms with Crippen LogP contribution >= 0.6 is 0 Å². The molecular formula is C12H17NO3. The molecule has 0 amide bonds. The molecule has 0 unspecified atom stereocenters. The summed E-state index contributed by atoms with van der Waals surface area (Å²) in [4.78, 5) is 15.3. The summed E-state index contributed by atoms with van der Waals surface area (Å²) in [6.45, 7) is 3.09. The lowest BCUT2D eigenvalue weighted by Crippen LogP contribution is -2.03. The van der Waals surface area contributed by atoms with Crippen molar-refractivity contribution in [3.8, 4) is 5.75 Å². The summed E-state index contributed by atoms with van der Waals surface area (Å²) in [6.07, 6.45) is 2.89. The summed E-state index contributed by atoms with van der Waals surface area (Å²) in [7, 11) is 1.66. The average molecular weight is 223 g/mol. The van der Waals surface area contributed by atoms with Gasteiger partial charge in [0.15, 0.2) is 5.78 Å². The van der Waals surface area contributed by atoms with E-state index < -0.39 is 0 Å². The Morgan fingerprint density at radius 3 is 2.75 bits per heavy atom. The zero-order chi connectivity index (χ0) is 11.8. The van der Waals surface area contributed by atoms with Crippen LogP contribution in [0.4, 0.5) is 0 Å². The summed E-state index contributed by atoms with van der Waals surface area (Å²) in [5, 5.41) is 0. The third-order valence-electron chi connectivity index (χ3n) is 2.10. The molecular weight excluding hydrogens is 206 g/mol. The molecule has 0 saturated heterocycles. The topological polar surface area (TPSA) is 48.4 Å². The zero-order valence-corrected chi connectivity index (χ0v) is 9.73. The summed E-state index contributed by atoms with van der Waals surface area (Å²) in [5.41, 5.74) is 0.492. The minimum Gasteiger partial charge on any atom is -0.492 e. The largest absolute Gasteiger partial charge is 0.492 e. The fourth-order valence-electron chi connectivity index (χ4n) is 1.21. The van der Waals surface area contributed by atoms with Crippen molar-refractivity contribution in [1.82, 2.24) is 4.98 Å². The summed E-state index contributed by atoms with van der Waals surface area (Å²) >= 11 is 0. The molecule has 0 aliphatic rings. The molecule has 1 rings (SSSR count). The first-order valence-electron chi connectivity index (χ1n) is 5.39. The van der Waals surface area contributed by atoms with Crippen LogP contribution in [0, 0.1) is 0 Å². The van der Waals surface area contributed by atoms with E-state index in [9.17, 15) is 4.79 Å². The van der Waals surface area contributed by atoms with Crippen molar-refractivity contribution in [2.45, 2.75) is 19.8 Å². The second-order valence-corrected chi connectivity index (χ2v) is 3.35. The molecule has 88 valence electrons. The molecule has 0 fully saturated rings. The van der Waals surface area contributed by atoms with Crippen LogP contribution in [0.5, 0.6) is 5.75 Å². The van der Waals surface area contributed by atoms with Gasteiger partial charge in [0.1, 0.15) is 11.4 Å². The van der Waals surface area contributed by atoms with Crippen molar-refractivity contribution in [3.63, 3.8) is 0 Å². The van der Waals surface area contributed by atoms with E-state index in [-0.39, 0.29) is 5.78 Å². The van der Waals surface area contributed by atoms with E-state index in [1.54, 1.807) is 25.4 Å². The van der Waals surface area contributed by atoms with E-state index in [4.69, 9.17) is 9.47 Å². The lowest BCUT2D eigenvalue weighted by Gasteiger charge is -2.05. The minimum absolute atomic E-state index is 0.0472. The van der Waals surface area contributed by atoms with Gasteiger partial charge in [-0.2, -0.15) is 0 Å². The maximum Gasteiger partial charge on any atom is 0.180 e. The van der Waals surface area contributed by atoms with Gasteiger partial charge in [-0.1, -0.05) is 6.92 Å². The molecule has 0 aliphatic heterocycles. The van der Waals surface area contributed by atoms with E-state index >= 15 is 0 Å². The fourth-order valence-corrected chi connectivity index (χ4v) is 1.21. The molecule has 0 radical (unpaired) electrons. The Kier molecular flexibility index (Phi) is 5.50. The summed E-state index contributed by atoms with van der Waals surface area (Å²) in [6, 6.07) is 3.46. The maximum atomic E-state index is 11.3. The number of carbonyl (C=O) groups is 1. The number of nitrogens with zero attached hydrogens (tertiary/aromatic N) is 1. The van der Waals surface area contributed by atoms with E-state index in [2.05, 4.69) is 4.98 Å². The van der Waals surface area contributed by atoms with Gasteiger partial charge in [0.2, 0.25) is 0 Å². The minimum atomic E-state index is 0.0472. The van der Waals surface area contributed by atoms with Crippen LogP contribution in [-0.4, -0.2) is 31.1 Å². The Morgan fingerprint density at radius 2 is 2.19 bits per heavy atom. The number of ketones is 1. The molecule has 0 N–H and O–H groups in total. The smallest absolute Gasteiger partial charge is 0.180 e. The van der Waals surface area contributed by atoms with E-state index in [0.29, 0.717) is 31.1 Å². The Labute approximate surface area is 95.6 Å². The number of ether oxygens (including phenoxy) is 2. The molecule has 0 saturated carbocycles. The van der Waals surface area contributed by atoms with Gasteiger partial charge < -0.3 is 9.47 Å². The predicted molar refractivity (Wildman–Crippen MR) is 60.8 cm³/mol. The van der Waals surface area contributed by atoms with Crippen LogP contribution < -0.4 is 4.74 Å². The van der Waals surface area contributed by atoms with Gasteiger partial charge in [0, 0.05) is 26.6 Å². The van der Waals surface area contributed by atoms with Crippen molar-refractivity contribution in [2.75, 3.05) is 20.3 Å². The summed E-state index contributed by atoms with van der Waals surface area (Å²) < 4.78 is 10.3. The van der Waals surface area contributed by atoms with Crippen LogP contribution in [0.3, 0.4) is 0 Å². The van der Waals surface area contributed by atoms with Gasteiger partial charge in [-0.15, -0.1) is 0 Å². The average Bonchev–Trinajstić information content (AvgIpc) is 2.34. The number of hydrogen-bond acceptors (Lipinski definition) is 4. The van der Waals surface area contributed by atoms with E-state index in [0.717, 1.165) is 6.42 Å². The Bertz CT molecular complexity index is 322. The molecule has 0 atom stereocenters. The Hall–Kier alpha value is -1.42. The van der Waals surface area contributed by atoms with E-state index in [1.165, 1.54) is 0 Å². The van der Waals surface area contributed by atoms with Gasteiger partial charge in [0.25, 0.3) is 0 Å². The van der Waals surface area contributed by atoms with Crippen molar-refractivity contribution in [1.29, 1.82) is 0 Å². The third-order valence-corrected chi connectivity index (χ3v) is 2.10. The lowest BCUT2D eigenvalue weighted by atomic mass is 10.2. The molecule has 4 nitrogen and oxygen atoms in total. The van der Waals surface area contributed by atoms with Gasteiger partial charge in [-0.3, -0.25) is 4.79 Å². The number of hydrogen-bond donors (Lipinski definition) is 0. The summed E-state index contributed by atoms with van der Waals surface area (Å²) in [5.74, 6) is 0.731.